The average molecular weight is 475 g/mol. The summed E-state index contributed by atoms with van der Waals surface area (Å²) in [6.07, 6.45) is 3.66. The average Bonchev–Trinajstić information content (AvgIpc) is 3.33. The number of rotatable bonds is 9. The highest BCUT2D eigenvalue weighted by atomic mass is 35.5. The predicted molar refractivity (Wildman–Crippen MR) is 121 cm³/mol. The van der Waals surface area contributed by atoms with Gasteiger partial charge in [-0.1, -0.05) is 36.0 Å². The largest absolute Gasteiger partial charge is 0.356 e. The standard InChI is InChI=1S/C23H24Cl2N4O3/c24-17-3-4-18-16(21(17)25)10-19(29-18)20(30)9-14(7-12-1-2-12)23(32)28-15(11-26)8-13-5-6-27-22(13)31/h3-4,10,12-15,29H,1-2,5-9H2,(H,27,31)(H,28,32)/t13-,14+,15-/m0/s1. The zero-order valence-electron chi connectivity index (χ0n) is 17.4. The number of carbonyl (C=O) groups excluding carboxylic acids is 3. The molecule has 9 heteroatoms. The van der Waals surface area contributed by atoms with E-state index in [0.29, 0.717) is 51.9 Å². The van der Waals surface area contributed by atoms with Gasteiger partial charge in [0.25, 0.3) is 0 Å². The molecule has 4 rings (SSSR count). The maximum absolute atomic E-state index is 13.0. The number of hydrogen-bond donors (Lipinski definition) is 3. The first-order chi connectivity index (χ1) is 15.4. The number of aromatic nitrogens is 1. The fraction of sp³-hybridized carbons (Fsp3) is 0.478. The molecule has 2 amide bonds. The quantitative estimate of drug-likeness (QED) is 0.476. The van der Waals surface area contributed by atoms with Gasteiger partial charge in [0, 0.05) is 35.7 Å². The maximum atomic E-state index is 13.0. The summed E-state index contributed by atoms with van der Waals surface area (Å²) in [6, 6.07) is 6.40. The lowest BCUT2D eigenvalue weighted by Crippen LogP contribution is -2.40. The first kappa shape index (κ1) is 22.6. The van der Waals surface area contributed by atoms with Crippen molar-refractivity contribution in [3.8, 4) is 6.07 Å². The van der Waals surface area contributed by atoms with Crippen molar-refractivity contribution in [1.29, 1.82) is 5.26 Å². The Morgan fingerprint density at radius 3 is 2.66 bits per heavy atom. The Labute approximate surface area is 195 Å². The third-order valence-electron chi connectivity index (χ3n) is 6.26. The summed E-state index contributed by atoms with van der Waals surface area (Å²) in [6.45, 7) is 0.591. The van der Waals surface area contributed by atoms with Gasteiger partial charge in [0.05, 0.1) is 21.8 Å². The highest BCUT2D eigenvalue weighted by molar-refractivity contribution is 6.45. The molecule has 168 valence electrons. The number of amides is 2. The van der Waals surface area contributed by atoms with Crippen molar-refractivity contribution < 1.29 is 14.4 Å². The zero-order chi connectivity index (χ0) is 22.8. The van der Waals surface area contributed by atoms with Crippen LogP contribution in [0.1, 0.15) is 49.0 Å². The molecule has 1 aliphatic heterocycles. The number of benzene rings is 1. The molecule has 32 heavy (non-hydrogen) atoms. The van der Waals surface area contributed by atoms with Gasteiger partial charge in [0.15, 0.2) is 5.78 Å². The molecule has 0 radical (unpaired) electrons. The van der Waals surface area contributed by atoms with Crippen LogP contribution in [0.2, 0.25) is 10.0 Å². The molecule has 2 aliphatic rings. The van der Waals surface area contributed by atoms with Crippen LogP contribution in [0.4, 0.5) is 0 Å². The van der Waals surface area contributed by atoms with E-state index in [1.54, 1.807) is 18.2 Å². The van der Waals surface area contributed by atoms with Crippen LogP contribution in [0.5, 0.6) is 0 Å². The third-order valence-corrected chi connectivity index (χ3v) is 7.08. The Morgan fingerprint density at radius 1 is 1.22 bits per heavy atom. The first-order valence-corrected chi connectivity index (χ1v) is 11.6. The Bertz CT molecular complexity index is 1100. The van der Waals surface area contributed by atoms with E-state index in [2.05, 4.69) is 21.7 Å². The summed E-state index contributed by atoms with van der Waals surface area (Å²) in [5.74, 6) is -0.970. The highest BCUT2D eigenvalue weighted by Crippen LogP contribution is 2.37. The van der Waals surface area contributed by atoms with Crippen molar-refractivity contribution in [3.05, 3.63) is 33.9 Å². The molecule has 2 fully saturated rings. The predicted octanol–water partition coefficient (Wildman–Crippen LogP) is 4.00. The molecule has 1 aliphatic carbocycles. The molecule has 0 unspecified atom stereocenters. The van der Waals surface area contributed by atoms with Gasteiger partial charge in [-0.15, -0.1) is 0 Å². The lowest BCUT2D eigenvalue weighted by atomic mass is 9.93. The summed E-state index contributed by atoms with van der Waals surface area (Å²) in [5.41, 5.74) is 1.07. The second-order valence-electron chi connectivity index (χ2n) is 8.71. The van der Waals surface area contributed by atoms with Gasteiger partial charge >= 0.3 is 0 Å². The molecule has 1 aromatic carbocycles. The topological polar surface area (TPSA) is 115 Å². The second kappa shape index (κ2) is 9.51. The molecular formula is C23H24Cl2N4O3. The number of H-pyrrole nitrogens is 1. The molecule has 3 N–H and O–H groups in total. The summed E-state index contributed by atoms with van der Waals surface area (Å²) in [7, 11) is 0. The van der Waals surface area contributed by atoms with E-state index in [-0.39, 0.29) is 36.4 Å². The minimum absolute atomic E-state index is 0.0303. The number of Topliss-reactive ketones (excluding diaryl/α,β-unsaturated/α-hetero) is 1. The summed E-state index contributed by atoms with van der Waals surface area (Å²) >= 11 is 12.3. The van der Waals surface area contributed by atoms with Crippen LogP contribution < -0.4 is 10.6 Å². The third kappa shape index (κ3) is 5.08. The molecule has 7 nitrogen and oxygen atoms in total. The summed E-state index contributed by atoms with van der Waals surface area (Å²) in [5, 5.41) is 16.4. The Balaban J connectivity index is 1.45. The van der Waals surface area contributed by atoms with E-state index in [1.165, 1.54) is 0 Å². The highest BCUT2D eigenvalue weighted by Gasteiger charge is 2.33. The van der Waals surface area contributed by atoms with Crippen LogP contribution >= 0.6 is 23.2 Å². The SMILES string of the molecule is N#C[C@H](C[C@@H]1CCNC1=O)NC(=O)[C@@H](CC(=O)c1cc2c(Cl)c(Cl)ccc2[nH]1)CC1CC1. The molecule has 3 atom stereocenters. The fourth-order valence-electron chi connectivity index (χ4n) is 4.25. The molecule has 0 bridgehead atoms. The van der Waals surface area contributed by atoms with Crippen molar-refractivity contribution in [2.24, 2.45) is 17.8 Å². The van der Waals surface area contributed by atoms with Crippen LogP contribution in [0.3, 0.4) is 0 Å². The monoisotopic (exact) mass is 474 g/mol. The van der Waals surface area contributed by atoms with E-state index in [1.807, 2.05) is 0 Å². The molecule has 0 spiro atoms. The molecule has 1 saturated heterocycles. The van der Waals surface area contributed by atoms with Crippen LogP contribution in [0.15, 0.2) is 18.2 Å². The van der Waals surface area contributed by atoms with Gasteiger partial charge in [0.2, 0.25) is 11.8 Å². The number of nitrogens with one attached hydrogen (secondary N) is 3. The van der Waals surface area contributed by atoms with Gasteiger partial charge in [-0.05, 0) is 43.4 Å². The number of halogens is 2. The van der Waals surface area contributed by atoms with Crippen molar-refractivity contribution in [2.45, 2.75) is 44.6 Å². The molecule has 2 heterocycles. The molecule has 1 aromatic heterocycles. The minimum atomic E-state index is -0.762. The van der Waals surface area contributed by atoms with Gasteiger partial charge in [-0.2, -0.15) is 5.26 Å². The van der Waals surface area contributed by atoms with Crippen LogP contribution in [-0.4, -0.2) is 35.2 Å². The Morgan fingerprint density at radius 2 is 2.00 bits per heavy atom. The van der Waals surface area contributed by atoms with Crippen LogP contribution in [0.25, 0.3) is 10.9 Å². The van der Waals surface area contributed by atoms with Gasteiger partial charge < -0.3 is 15.6 Å². The smallest absolute Gasteiger partial charge is 0.224 e. The molecule has 1 saturated carbocycles. The normalized spacial score (nSPS) is 19.9. The summed E-state index contributed by atoms with van der Waals surface area (Å²) < 4.78 is 0. The maximum Gasteiger partial charge on any atom is 0.224 e. The van der Waals surface area contributed by atoms with E-state index in [4.69, 9.17) is 23.2 Å². The van der Waals surface area contributed by atoms with Crippen molar-refractivity contribution in [1.82, 2.24) is 15.6 Å². The van der Waals surface area contributed by atoms with Gasteiger partial charge in [-0.25, -0.2) is 0 Å². The van der Waals surface area contributed by atoms with Gasteiger partial charge in [-0.3, -0.25) is 14.4 Å². The number of hydrogen-bond acceptors (Lipinski definition) is 4. The summed E-state index contributed by atoms with van der Waals surface area (Å²) in [4.78, 5) is 40.9. The zero-order valence-corrected chi connectivity index (χ0v) is 18.9. The number of ketones is 1. The van der Waals surface area contributed by atoms with E-state index in [0.717, 1.165) is 12.8 Å². The van der Waals surface area contributed by atoms with Crippen LogP contribution in [-0.2, 0) is 9.59 Å². The number of carbonyl (C=O) groups is 3. The number of nitrogens with zero attached hydrogens (tertiary/aromatic N) is 1. The van der Waals surface area contributed by atoms with Crippen LogP contribution in [0, 0.1) is 29.1 Å². The molecule has 2 aromatic rings. The van der Waals surface area contributed by atoms with Crippen molar-refractivity contribution >= 4 is 51.7 Å². The Hall–Kier alpha value is -2.56. The van der Waals surface area contributed by atoms with Crippen molar-refractivity contribution in [3.63, 3.8) is 0 Å². The fourth-order valence-corrected chi connectivity index (χ4v) is 4.64. The second-order valence-corrected chi connectivity index (χ2v) is 9.50. The minimum Gasteiger partial charge on any atom is -0.356 e. The van der Waals surface area contributed by atoms with E-state index in [9.17, 15) is 19.6 Å². The first-order valence-electron chi connectivity index (χ1n) is 10.8. The lowest BCUT2D eigenvalue weighted by molar-refractivity contribution is -0.127. The van der Waals surface area contributed by atoms with Crippen molar-refractivity contribution in [2.75, 3.05) is 6.54 Å². The lowest BCUT2D eigenvalue weighted by Gasteiger charge is -2.19. The number of fused-ring (bicyclic) bond motifs is 1. The van der Waals surface area contributed by atoms with E-state index < -0.39 is 12.0 Å². The number of nitriles is 1. The number of aromatic amines is 1. The molecular weight excluding hydrogens is 451 g/mol. The van der Waals surface area contributed by atoms with Gasteiger partial charge in [0.1, 0.15) is 6.04 Å². The van der Waals surface area contributed by atoms with E-state index >= 15 is 0 Å². The Kier molecular flexibility index (Phi) is 6.73.